The lowest BCUT2D eigenvalue weighted by atomic mass is 10.1. The van der Waals surface area contributed by atoms with Crippen LogP contribution in [0.2, 0.25) is 10.2 Å². The molecule has 4 rings (SSSR count). The van der Waals surface area contributed by atoms with Crippen molar-refractivity contribution in [2.75, 3.05) is 0 Å². The van der Waals surface area contributed by atoms with Crippen molar-refractivity contribution in [2.24, 2.45) is 0 Å². The molecule has 0 aliphatic heterocycles. The standard InChI is InChI=1S/C15H11Cl2N3/c16-13-4-2-1-3-9(13)10-7-11(10)12-8-14(17)19-20-6-5-18-15(12)20/h1-6,8,10-11H,7H2/t10-,11?/m1/s1. The molecule has 100 valence electrons. The first-order valence-corrected chi connectivity index (χ1v) is 7.24. The fourth-order valence-electron chi connectivity index (χ4n) is 2.84. The molecule has 3 nitrogen and oxygen atoms in total. The summed E-state index contributed by atoms with van der Waals surface area (Å²) in [7, 11) is 0. The number of nitrogens with zero attached hydrogens (tertiary/aromatic N) is 3. The lowest BCUT2D eigenvalue weighted by Gasteiger charge is -2.05. The number of imidazole rings is 1. The Morgan fingerprint density at radius 1 is 1.10 bits per heavy atom. The average Bonchev–Trinajstić information content (AvgIpc) is 3.08. The maximum absolute atomic E-state index is 6.28. The minimum absolute atomic E-state index is 0.417. The normalized spacial score (nSPS) is 21.3. The van der Waals surface area contributed by atoms with Crippen LogP contribution in [-0.2, 0) is 0 Å². The molecule has 1 unspecified atom stereocenters. The third kappa shape index (κ3) is 1.89. The van der Waals surface area contributed by atoms with E-state index in [0.717, 1.165) is 22.7 Å². The maximum atomic E-state index is 6.28. The summed E-state index contributed by atoms with van der Waals surface area (Å²) in [5.74, 6) is 0.864. The molecule has 20 heavy (non-hydrogen) atoms. The van der Waals surface area contributed by atoms with E-state index in [-0.39, 0.29) is 0 Å². The van der Waals surface area contributed by atoms with Gasteiger partial charge in [0.2, 0.25) is 0 Å². The summed E-state index contributed by atoms with van der Waals surface area (Å²) in [6.07, 6.45) is 4.64. The first kappa shape index (κ1) is 12.2. The van der Waals surface area contributed by atoms with Crippen LogP contribution >= 0.6 is 23.2 Å². The molecular formula is C15H11Cl2N3. The van der Waals surface area contributed by atoms with Crippen LogP contribution in [0.15, 0.2) is 42.7 Å². The van der Waals surface area contributed by atoms with E-state index in [1.807, 2.05) is 30.5 Å². The second-order valence-electron chi connectivity index (χ2n) is 5.09. The van der Waals surface area contributed by atoms with Gasteiger partial charge < -0.3 is 0 Å². The molecule has 0 saturated heterocycles. The Morgan fingerprint density at radius 2 is 1.90 bits per heavy atom. The summed E-state index contributed by atoms with van der Waals surface area (Å²) in [5, 5.41) is 5.54. The predicted molar refractivity (Wildman–Crippen MR) is 79.5 cm³/mol. The zero-order chi connectivity index (χ0) is 13.7. The van der Waals surface area contributed by atoms with E-state index >= 15 is 0 Å². The highest BCUT2D eigenvalue weighted by Gasteiger charge is 2.42. The molecule has 2 aromatic heterocycles. The van der Waals surface area contributed by atoms with Crippen molar-refractivity contribution >= 4 is 28.8 Å². The number of aromatic nitrogens is 3. The van der Waals surface area contributed by atoms with Gasteiger partial charge in [-0.05, 0) is 36.0 Å². The molecule has 0 bridgehead atoms. The fourth-order valence-corrected chi connectivity index (χ4v) is 3.31. The fraction of sp³-hybridized carbons (Fsp3) is 0.200. The Labute approximate surface area is 126 Å². The second-order valence-corrected chi connectivity index (χ2v) is 5.88. The zero-order valence-corrected chi connectivity index (χ0v) is 12.0. The van der Waals surface area contributed by atoms with Crippen molar-refractivity contribution in [3.05, 3.63) is 64.0 Å². The molecule has 3 aromatic rings. The van der Waals surface area contributed by atoms with Crippen molar-refractivity contribution < 1.29 is 0 Å². The van der Waals surface area contributed by atoms with Crippen molar-refractivity contribution in [3.8, 4) is 0 Å². The molecule has 0 radical (unpaired) electrons. The van der Waals surface area contributed by atoms with E-state index in [1.165, 1.54) is 5.56 Å². The van der Waals surface area contributed by atoms with E-state index in [4.69, 9.17) is 23.2 Å². The largest absolute Gasteiger partial charge is 0.235 e. The molecule has 0 N–H and O–H groups in total. The Balaban J connectivity index is 1.76. The average molecular weight is 304 g/mol. The summed E-state index contributed by atoms with van der Waals surface area (Å²) < 4.78 is 1.74. The molecule has 1 aliphatic carbocycles. The van der Waals surface area contributed by atoms with Crippen molar-refractivity contribution in [1.29, 1.82) is 0 Å². The molecule has 5 heteroatoms. The zero-order valence-electron chi connectivity index (χ0n) is 10.5. The summed E-state index contributed by atoms with van der Waals surface area (Å²) in [6, 6.07) is 9.95. The molecule has 0 spiro atoms. The van der Waals surface area contributed by atoms with Crippen LogP contribution in [0.5, 0.6) is 0 Å². The van der Waals surface area contributed by atoms with Gasteiger partial charge in [0.25, 0.3) is 0 Å². The number of hydrogen-bond donors (Lipinski definition) is 0. The van der Waals surface area contributed by atoms with Crippen LogP contribution in [0.25, 0.3) is 5.65 Å². The van der Waals surface area contributed by atoms with Gasteiger partial charge in [-0.15, -0.1) is 0 Å². The summed E-state index contributed by atoms with van der Waals surface area (Å²) >= 11 is 12.4. The minimum Gasteiger partial charge on any atom is -0.235 e. The van der Waals surface area contributed by atoms with Gasteiger partial charge >= 0.3 is 0 Å². The Bertz CT molecular complexity index is 797. The lowest BCUT2D eigenvalue weighted by molar-refractivity contribution is 0.906. The highest BCUT2D eigenvalue weighted by Crippen LogP contribution is 2.56. The van der Waals surface area contributed by atoms with E-state index in [2.05, 4.69) is 16.1 Å². The number of halogens is 2. The Morgan fingerprint density at radius 3 is 2.75 bits per heavy atom. The first-order valence-electron chi connectivity index (χ1n) is 6.48. The van der Waals surface area contributed by atoms with Gasteiger partial charge in [-0.25, -0.2) is 9.50 Å². The first-order chi connectivity index (χ1) is 9.74. The molecule has 1 saturated carbocycles. The third-order valence-electron chi connectivity index (χ3n) is 3.85. The van der Waals surface area contributed by atoms with Crippen LogP contribution in [0.4, 0.5) is 0 Å². The minimum atomic E-state index is 0.417. The molecule has 2 atom stereocenters. The van der Waals surface area contributed by atoms with Gasteiger partial charge in [0.05, 0.1) is 0 Å². The van der Waals surface area contributed by atoms with Crippen molar-refractivity contribution in [2.45, 2.75) is 18.3 Å². The smallest absolute Gasteiger partial charge is 0.157 e. The van der Waals surface area contributed by atoms with Crippen LogP contribution in [0.3, 0.4) is 0 Å². The number of hydrogen-bond acceptors (Lipinski definition) is 2. The summed E-state index contributed by atoms with van der Waals surface area (Å²) in [5.41, 5.74) is 3.24. The van der Waals surface area contributed by atoms with Crippen molar-refractivity contribution in [1.82, 2.24) is 14.6 Å². The van der Waals surface area contributed by atoms with Crippen LogP contribution in [0, 0.1) is 0 Å². The van der Waals surface area contributed by atoms with Gasteiger partial charge in [0.1, 0.15) is 5.15 Å². The van der Waals surface area contributed by atoms with E-state index in [0.29, 0.717) is 17.0 Å². The number of fused-ring (bicyclic) bond motifs is 1. The second kappa shape index (κ2) is 4.47. The molecule has 1 aliphatic rings. The van der Waals surface area contributed by atoms with E-state index < -0.39 is 0 Å². The molecular weight excluding hydrogens is 293 g/mol. The number of benzene rings is 1. The van der Waals surface area contributed by atoms with Gasteiger partial charge in [0, 0.05) is 23.0 Å². The SMILES string of the molecule is Clc1cc(C2C[C@@H]2c2ccccc2Cl)c2nccn2n1. The van der Waals surface area contributed by atoms with Crippen LogP contribution < -0.4 is 0 Å². The van der Waals surface area contributed by atoms with Crippen LogP contribution in [-0.4, -0.2) is 14.6 Å². The Hall–Kier alpha value is -1.58. The third-order valence-corrected chi connectivity index (χ3v) is 4.38. The summed E-state index contributed by atoms with van der Waals surface area (Å²) in [6.45, 7) is 0. The monoisotopic (exact) mass is 303 g/mol. The van der Waals surface area contributed by atoms with Crippen molar-refractivity contribution in [3.63, 3.8) is 0 Å². The summed E-state index contributed by atoms with van der Waals surface area (Å²) in [4.78, 5) is 4.38. The number of rotatable bonds is 2. The molecule has 1 aromatic carbocycles. The van der Waals surface area contributed by atoms with Gasteiger partial charge in [-0.3, -0.25) is 0 Å². The molecule has 2 heterocycles. The predicted octanol–water partition coefficient (Wildman–Crippen LogP) is 4.31. The van der Waals surface area contributed by atoms with E-state index in [9.17, 15) is 0 Å². The molecule has 1 fully saturated rings. The van der Waals surface area contributed by atoms with Gasteiger partial charge in [0.15, 0.2) is 5.65 Å². The quantitative estimate of drug-likeness (QED) is 0.706. The van der Waals surface area contributed by atoms with Crippen LogP contribution in [0.1, 0.15) is 29.4 Å². The maximum Gasteiger partial charge on any atom is 0.157 e. The highest BCUT2D eigenvalue weighted by molar-refractivity contribution is 6.31. The van der Waals surface area contributed by atoms with Gasteiger partial charge in [-0.1, -0.05) is 41.4 Å². The van der Waals surface area contributed by atoms with E-state index in [1.54, 1.807) is 10.7 Å². The topological polar surface area (TPSA) is 30.2 Å². The van der Waals surface area contributed by atoms with Gasteiger partial charge in [-0.2, -0.15) is 5.10 Å². The Kier molecular flexibility index (Phi) is 2.72. The highest BCUT2D eigenvalue weighted by atomic mass is 35.5. The lowest BCUT2D eigenvalue weighted by Crippen LogP contribution is -1.96. The molecule has 0 amide bonds.